The number of fused-ring (bicyclic) bond motifs is 13. The molecule has 0 fully saturated rings. The summed E-state index contributed by atoms with van der Waals surface area (Å²) in [6.45, 7) is -1.34. The van der Waals surface area contributed by atoms with Crippen LogP contribution in [0.5, 0.6) is 0 Å². The first-order valence-electron chi connectivity index (χ1n) is 16.5. The molecule has 1 aliphatic rings. The molecule has 7 aromatic carbocycles. The molecule has 12 rings (SSSR count). The van der Waals surface area contributed by atoms with Crippen LogP contribution in [0.4, 0.5) is 22.0 Å². The maximum atomic E-state index is 16.1. The zero-order chi connectivity index (χ0) is 34.0. The summed E-state index contributed by atoms with van der Waals surface area (Å²) >= 11 is 0. The molecule has 0 bridgehead atoms. The number of imidazole rings is 1. The molecule has 0 saturated heterocycles. The van der Waals surface area contributed by atoms with Gasteiger partial charge in [-0.1, -0.05) is 72.8 Å². The topological polar surface area (TPSA) is 26.6 Å². The van der Waals surface area contributed by atoms with Crippen molar-refractivity contribution in [1.82, 2.24) is 18.4 Å². The van der Waals surface area contributed by atoms with Crippen molar-refractivity contribution >= 4 is 99.8 Å². The van der Waals surface area contributed by atoms with Crippen LogP contribution in [-0.4, -0.2) is 25.1 Å². The molecule has 0 aliphatic carbocycles. The fourth-order valence-electron chi connectivity index (χ4n) is 9.07. The summed E-state index contributed by atoms with van der Waals surface area (Å²) in [7, 11) is 0. The number of pyridine rings is 1. The second-order valence-electron chi connectivity index (χ2n) is 13.3. The minimum atomic E-state index is -2.19. The smallest absolute Gasteiger partial charge is 0.254 e. The summed E-state index contributed by atoms with van der Waals surface area (Å²) in [5.74, 6) is -9.27. The van der Waals surface area contributed by atoms with E-state index in [1.54, 1.807) is 18.2 Å². The van der Waals surface area contributed by atoms with E-state index in [0.29, 0.717) is 27.9 Å². The summed E-state index contributed by atoms with van der Waals surface area (Å²) in [5.41, 5.74) is 6.40. The highest BCUT2D eigenvalue weighted by molar-refractivity contribution is 6.98. The quantitative estimate of drug-likeness (QED) is 0.0431. The van der Waals surface area contributed by atoms with Crippen molar-refractivity contribution in [3.63, 3.8) is 0 Å². The van der Waals surface area contributed by atoms with Crippen molar-refractivity contribution in [2.24, 2.45) is 0 Å². The van der Waals surface area contributed by atoms with E-state index in [0.717, 1.165) is 65.4 Å². The molecule has 0 radical (unpaired) electrons. The van der Waals surface area contributed by atoms with E-state index in [1.807, 2.05) is 77.4 Å². The summed E-state index contributed by atoms with van der Waals surface area (Å²) in [6, 6.07) is 35.1. The first kappa shape index (κ1) is 27.4. The fraction of sp³-hybridized carbons (Fsp3) is 0. The Balaban J connectivity index is 1.45. The van der Waals surface area contributed by atoms with E-state index in [2.05, 4.69) is 27.0 Å². The largest absolute Gasteiger partial charge is 0.308 e. The zero-order valence-corrected chi connectivity index (χ0v) is 26.1. The van der Waals surface area contributed by atoms with Gasteiger partial charge in [-0.05, 0) is 52.7 Å². The van der Waals surface area contributed by atoms with E-state index in [4.69, 9.17) is 4.98 Å². The Labute approximate surface area is 283 Å². The lowest BCUT2D eigenvalue weighted by molar-refractivity contribution is 0.384. The molecule has 51 heavy (non-hydrogen) atoms. The molecule has 11 aromatic rings. The maximum absolute atomic E-state index is 16.1. The van der Waals surface area contributed by atoms with Crippen molar-refractivity contribution in [3.8, 4) is 5.69 Å². The lowest BCUT2D eigenvalue weighted by Gasteiger charge is -2.31. The summed E-state index contributed by atoms with van der Waals surface area (Å²) in [4.78, 5) is 5.12. The van der Waals surface area contributed by atoms with Gasteiger partial charge in [-0.2, -0.15) is 0 Å². The molecule has 5 heterocycles. The standard InChI is InChI=1S/C41H18BF5N4/c43-34-33(35(44)37(46)38(47)36(34)45)42-23-11-3-7-15-28(23)51-40-24(42)17-21-19-9-1-5-13-26(19)49-27-14-6-2-10-20(27)22-18-30(32(40)31(21)39(22)49)50-29-16-8-4-12-25(29)48-41(50)51/h1-18H. The molecule has 240 valence electrons. The van der Waals surface area contributed by atoms with Gasteiger partial charge in [0.05, 0.1) is 38.6 Å². The van der Waals surface area contributed by atoms with Crippen molar-refractivity contribution < 1.29 is 22.0 Å². The van der Waals surface area contributed by atoms with E-state index in [-0.39, 0.29) is 0 Å². The summed E-state index contributed by atoms with van der Waals surface area (Å²) < 4.78 is 83.2. The van der Waals surface area contributed by atoms with Gasteiger partial charge in [0.15, 0.2) is 29.1 Å². The Morgan fingerprint density at radius 3 is 1.82 bits per heavy atom. The number of hydrogen-bond donors (Lipinski definition) is 0. The van der Waals surface area contributed by atoms with Gasteiger partial charge >= 0.3 is 0 Å². The third-order valence-electron chi connectivity index (χ3n) is 11.0. The molecule has 0 amide bonds. The molecule has 0 unspecified atom stereocenters. The Morgan fingerprint density at radius 1 is 0.471 bits per heavy atom. The average molecular weight is 672 g/mol. The Kier molecular flexibility index (Phi) is 4.85. The predicted octanol–water partition coefficient (Wildman–Crippen LogP) is 8.26. The number of aromatic nitrogens is 4. The van der Waals surface area contributed by atoms with Crippen LogP contribution >= 0.6 is 0 Å². The van der Waals surface area contributed by atoms with E-state index in [9.17, 15) is 4.39 Å². The summed E-state index contributed by atoms with van der Waals surface area (Å²) in [6.07, 6.45) is 0. The average Bonchev–Trinajstić information content (AvgIpc) is 3.72. The Morgan fingerprint density at radius 2 is 1.08 bits per heavy atom. The van der Waals surface area contributed by atoms with E-state index < -0.39 is 41.3 Å². The van der Waals surface area contributed by atoms with Gasteiger partial charge in [0.25, 0.3) is 6.71 Å². The highest BCUT2D eigenvalue weighted by Gasteiger charge is 2.41. The van der Waals surface area contributed by atoms with Crippen molar-refractivity contribution in [2.75, 3.05) is 0 Å². The van der Waals surface area contributed by atoms with Crippen molar-refractivity contribution in [3.05, 3.63) is 138 Å². The SMILES string of the molecule is Fc1c(F)c(F)c(B2c3ccccc3-n3c4c2cc2c5ccccc5n5c6ccccc6c6cc(c4c2c65)n2c4ccccc4nc32)c(F)c1F. The van der Waals surface area contributed by atoms with Gasteiger partial charge in [0, 0.05) is 38.1 Å². The van der Waals surface area contributed by atoms with Crippen molar-refractivity contribution in [1.29, 1.82) is 0 Å². The highest BCUT2D eigenvalue weighted by Crippen LogP contribution is 2.46. The minimum Gasteiger partial charge on any atom is -0.308 e. The molecular weight excluding hydrogens is 654 g/mol. The first-order valence-corrected chi connectivity index (χ1v) is 16.5. The molecule has 10 heteroatoms. The number of hydrogen-bond acceptors (Lipinski definition) is 1. The third kappa shape index (κ3) is 3.04. The number of benzene rings is 7. The molecule has 4 nitrogen and oxygen atoms in total. The van der Waals surface area contributed by atoms with Gasteiger partial charge in [-0.25, -0.2) is 26.9 Å². The molecule has 4 aromatic heterocycles. The Bertz CT molecular complexity index is 3370. The van der Waals surface area contributed by atoms with Crippen molar-refractivity contribution in [2.45, 2.75) is 0 Å². The monoisotopic (exact) mass is 672 g/mol. The molecule has 0 N–H and O–H groups in total. The fourth-order valence-corrected chi connectivity index (χ4v) is 9.07. The van der Waals surface area contributed by atoms with E-state index in [1.165, 1.54) is 0 Å². The van der Waals surface area contributed by atoms with Crippen LogP contribution in [0.2, 0.25) is 0 Å². The summed E-state index contributed by atoms with van der Waals surface area (Å²) in [5, 5.41) is 5.50. The normalized spacial score (nSPS) is 13.2. The van der Waals surface area contributed by atoms with Crippen LogP contribution in [-0.2, 0) is 0 Å². The Hall–Kier alpha value is -6.42. The van der Waals surface area contributed by atoms with E-state index >= 15 is 17.6 Å². The van der Waals surface area contributed by atoms with Gasteiger partial charge in [0.2, 0.25) is 5.78 Å². The lowest BCUT2D eigenvalue weighted by Crippen LogP contribution is -2.59. The maximum Gasteiger partial charge on any atom is 0.254 e. The van der Waals surface area contributed by atoms with Gasteiger partial charge < -0.3 is 4.40 Å². The number of halogens is 5. The molecule has 0 saturated carbocycles. The molecule has 0 spiro atoms. The molecule has 1 aliphatic heterocycles. The number of para-hydroxylation sites is 5. The van der Waals surface area contributed by atoms with Crippen LogP contribution in [0.15, 0.2) is 109 Å². The highest BCUT2D eigenvalue weighted by atomic mass is 19.2. The number of nitrogens with zero attached hydrogens (tertiary/aromatic N) is 4. The zero-order valence-electron chi connectivity index (χ0n) is 26.1. The predicted molar refractivity (Wildman–Crippen MR) is 193 cm³/mol. The molecule has 0 atom stereocenters. The van der Waals surface area contributed by atoms with Crippen LogP contribution < -0.4 is 16.4 Å². The van der Waals surface area contributed by atoms with Gasteiger partial charge in [-0.3, -0.25) is 8.97 Å². The van der Waals surface area contributed by atoms with Crippen LogP contribution in [0.3, 0.4) is 0 Å². The second-order valence-corrected chi connectivity index (χ2v) is 13.3. The third-order valence-corrected chi connectivity index (χ3v) is 11.0. The van der Waals surface area contributed by atoms with Crippen LogP contribution in [0, 0.1) is 29.1 Å². The van der Waals surface area contributed by atoms with Gasteiger partial charge in [0.1, 0.15) is 0 Å². The minimum absolute atomic E-state index is 0.390. The first-order chi connectivity index (χ1) is 24.9. The second kappa shape index (κ2) is 9.02. The number of rotatable bonds is 1. The molecular formula is C41H18BF5N4. The van der Waals surface area contributed by atoms with Crippen LogP contribution in [0.25, 0.3) is 82.4 Å². The van der Waals surface area contributed by atoms with Crippen LogP contribution in [0.1, 0.15) is 0 Å². The lowest BCUT2D eigenvalue weighted by atomic mass is 9.35. The van der Waals surface area contributed by atoms with Gasteiger partial charge in [-0.15, -0.1) is 0 Å².